The fourth-order valence-electron chi connectivity index (χ4n) is 6.36. The SMILES string of the molecule is CCCCc1nc2ccc(C3C[C@H]4CCCC[N@]3O4)cc2c(=O)n1Cc1ccc(-c2ccccc2-c2nnn[nH]2)cc1. The van der Waals surface area contributed by atoms with Gasteiger partial charge >= 0.3 is 0 Å². The van der Waals surface area contributed by atoms with Gasteiger partial charge < -0.3 is 0 Å². The van der Waals surface area contributed by atoms with Crippen LogP contribution in [0.1, 0.15) is 68.4 Å². The first kappa shape index (κ1) is 26.7. The van der Waals surface area contributed by atoms with Crippen molar-refractivity contribution in [3.05, 3.63) is 94.0 Å². The number of hydrogen-bond acceptors (Lipinski definition) is 7. The molecule has 2 aliphatic heterocycles. The van der Waals surface area contributed by atoms with Crippen LogP contribution in [0.3, 0.4) is 0 Å². The van der Waals surface area contributed by atoms with Gasteiger partial charge in [0.1, 0.15) is 5.82 Å². The molecular weight excluding hydrogens is 526 g/mol. The molecule has 0 aliphatic carbocycles. The molecule has 214 valence electrons. The summed E-state index contributed by atoms with van der Waals surface area (Å²) in [6.45, 7) is 3.58. The number of fused-ring (bicyclic) bond motifs is 3. The Kier molecular flexibility index (Phi) is 7.36. The van der Waals surface area contributed by atoms with Crippen LogP contribution >= 0.6 is 0 Å². The molecule has 3 aromatic carbocycles. The molecule has 9 nitrogen and oxygen atoms in total. The van der Waals surface area contributed by atoms with Crippen molar-refractivity contribution >= 4 is 10.9 Å². The van der Waals surface area contributed by atoms with Gasteiger partial charge in [0.15, 0.2) is 5.82 Å². The number of nitrogens with zero attached hydrogens (tertiary/aromatic N) is 6. The lowest BCUT2D eigenvalue weighted by molar-refractivity contribution is -0.155. The molecule has 2 saturated heterocycles. The van der Waals surface area contributed by atoms with Gasteiger partial charge in [-0.3, -0.25) is 14.2 Å². The number of hydrogen-bond donors (Lipinski definition) is 1. The summed E-state index contributed by atoms with van der Waals surface area (Å²) in [4.78, 5) is 25.3. The predicted octanol–water partition coefficient (Wildman–Crippen LogP) is 5.87. The van der Waals surface area contributed by atoms with Crippen LogP contribution in [0.25, 0.3) is 33.4 Å². The van der Waals surface area contributed by atoms with Crippen LogP contribution < -0.4 is 5.56 Å². The minimum absolute atomic E-state index is 0.0225. The summed E-state index contributed by atoms with van der Waals surface area (Å²) in [6.07, 6.45) is 7.53. The first-order valence-corrected chi connectivity index (χ1v) is 15.1. The minimum Gasteiger partial charge on any atom is -0.295 e. The van der Waals surface area contributed by atoms with Crippen molar-refractivity contribution < 1.29 is 4.84 Å². The Bertz CT molecular complexity index is 1750. The summed E-state index contributed by atoms with van der Waals surface area (Å²) in [5.74, 6) is 1.47. The van der Waals surface area contributed by atoms with Crippen LogP contribution in [0.4, 0.5) is 0 Å². The maximum absolute atomic E-state index is 14.1. The van der Waals surface area contributed by atoms with E-state index in [0.29, 0.717) is 17.8 Å². The zero-order valence-corrected chi connectivity index (χ0v) is 23.9. The fraction of sp³-hybridized carbons (Fsp3) is 0.364. The Labute approximate surface area is 244 Å². The van der Waals surface area contributed by atoms with Gasteiger partial charge in [-0.05, 0) is 76.9 Å². The van der Waals surface area contributed by atoms with E-state index < -0.39 is 0 Å². The molecule has 5 aromatic rings. The van der Waals surface area contributed by atoms with Gasteiger partial charge in [0.05, 0.1) is 29.6 Å². The lowest BCUT2D eigenvalue weighted by Crippen LogP contribution is -2.27. The molecular formula is C33H35N7O2. The van der Waals surface area contributed by atoms with Crippen molar-refractivity contribution in [3.8, 4) is 22.5 Å². The van der Waals surface area contributed by atoms with Crippen molar-refractivity contribution in [2.75, 3.05) is 6.54 Å². The van der Waals surface area contributed by atoms with E-state index in [9.17, 15) is 4.79 Å². The standard InChI is InChI=1S/C33H35N7O2/c1-2-3-11-31-34-29-17-16-24(30-20-25-8-6-7-18-40(30)42-25)19-28(29)33(41)39(31)21-22-12-14-23(15-13-22)26-9-4-5-10-27(26)32-35-37-38-36-32/h4-5,9-10,12-17,19,25,30H,2-3,6-8,11,18,20-21H2,1H3,(H,35,36,37,38)/t25-,30?/m1/s1. The van der Waals surface area contributed by atoms with E-state index >= 15 is 0 Å². The molecule has 2 fully saturated rings. The van der Waals surface area contributed by atoms with Gasteiger partial charge in [0, 0.05) is 18.5 Å². The highest BCUT2D eigenvalue weighted by Gasteiger charge is 2.36. The van der Waals surface area contributed by atoms with Crippen LogP contribution in [0.5, 0.6) is 0 Å². The van der Waals surface area contributed by atoms with Crippen molar-refractivity contribution in [3.63, 3.8) is 0 Å². The Hall–Kier alpha value is -4.21. The first-order chi connectivity index (χ1) is 20.7. The third-order valence-electron chi connectivity index (χ3n) is 8.60. The number of rotatable bonds is 8. The molecule has 4 heterocycles. The lowest BCUT2D eigenvalue weighted by Gasteiger charge is -2.22. The summed E-state index contributed by atoms with van der Waals surface area (Å²) < 4.78 is 1.87. The average molecular weight is 562 g/mol. The lowest BCUT2D eigenvalue weighted by atomic mass is 9.96. The molecule has 0 amide bonds. The number of nitrogens with one attached hydrogen (secondary N) is 1. The molecule has 1 unspecified atom stereocenters. The molecule has 42 heavy (non-hydrogen) atoms. The molecule has 3 atom stereocenters. The number of H-pyrrole nitrogens is 1. The predicted molar refractivity (Wildman–Crippen MR) is 162 cm³/mol. The number of aromatic nitrogens is 6. The summed E-state index contributed by atoms with van der Waals surface area (Å²) in [6, 6.07) is 22.8. The maximum atomic E-state index is 14.1. The fourth-order valence-corrected chi connectivity index (χ4v) is 6.36. The minimum atomic E-state index is 0.0225. The summed E-state index contributed by atoms with van der Waals surface area (Å²) in [5, 5.41) is 17.2. The normalized spacial score (nSPS) is 20.2. The largest absolute Gasteiger partial charge is 0.295 e. The van der Waals surface area contributed by atoms with Gasteiger partial charge in [-0.15, -0.1) is 5.10 Å². The quantitative estimate of drug-likeness (QED) is 0.253. The number of unbranched alkanes of at least 4 members (excludes halogenated alkanes) is 1. The third-order valence-corrected chi connectivity index (χ3v) is 8.60. The van der Waals surface area contributed by atoms with E-state index in [1.807, 2.05) is 28.8 Å². The number of benzene rings is 3. The second-order valence-corrected chi connectivity index (χ2v) is 11.4. The van der Waals surface area contributed by atoms with Crippen molar-refractivity contribution in [2.24, 2.45) is 0 Å². The van der Waals surface area contributed by atoms with Crippen LogP contribution in [-0.2, 0) is 17.8 Å². The topological polar surface area (TPSA) is 102 Å². The zero-order valence-electron chi connectivity index (χ0n) is 23.9. The summed E-state index contributed by atoms with van der Waals surface area (Å²) in [5.41, 5.74) is 6.02. The van der Waals surface area contributed by atoms with Crippen LogP contribution in [0.15, 0.2) is 71.5 Å². The monoisotopic (exact) mass is 561 g/mol. The zero-order chi connectivity index (χ0) is 28.5. The Morgan fingerprint density at radius 2 is 1.88 bits per heavy atom. The van der Waals surface area contributed by atoms with Crippen molar-refractivity contribution in [1.82, 2.24) is 35.2 Å². The van der Waals surface area contributed by atoms with E-state index in [0.717, 1.165) is 84.2 Å². The highest BCUT2D eigenvalue weighted by atomic mass is 16.7. The van der Waals surface area contributed by atoms with E-state index in [1.54, 1.807) is 0 Å². The van der Waals surface area contributed by atoms with Gasteiger partial charge in [-0.25, -0.2) is 10.1 Å². The second kappa shape index (κ2) is 11.6. The van der Waals surface area contributed by atoms with Crippen LogP contribution in [0.2, 0.25) is 0 Å². The Morgan fingerprint density at radius 1 is 1.02 bits per heavy atom. The number of tetrazole rings is 1. The highest BCUT2D eigenvalue weighted by molar-refractivity contribution is 5.80. The first-order valence-electron chi connectivity index (χ1n) is 15.1. The molecule has 9 heteroatoms. The average Bonchev–Trinajstić information content (AvgIpc) is 3.64. The van der Waals surface area contributed by atoms with E-state index in [1.165, 1.54) is 6.42 Å². The molecule has 7 rings (SSSR count). The van der Waals surface area contributed by atoms with E-state index in [2.05, 4.69) is 75.1 Å². The van der Waals surface area contributed by atoms with Crippen molar-refractivity contribution in [2.45, 2.75) is 70.6 Å². The van der Waals surface area contributed by atoms with Gasteiger partial charge in [-0.1, -0.05) is 67.9 Å². The summed E-state index contributed by atoms with van der Waals surface area (Å²) in [7, 11) is 0. The molecule has 0 saturated carbocycles. The van der Waals surface area contributed by atoms with Gasteiger partial charge in [-0.2, -0.15) is 5.06 Å². The molecule has 0 spiro atoms. The summed E-state index contributed by atoms with van der Waals surface area (Å²) >= 11 is 0. The van der Waals surface area contributed by atoms with Gasteiger partial charge in [0.2, 0.25) is 0 Å². The molecule has 2 aromatic heterocycles. The molecule has 1 N–H and O–H groups in total. The van der Waals surface area contributed by atoms with E-state index in [-0.39, 0.29) is 17.7 Å². The number of hydroxylamine groups is 2. The van der Waals surface area contributed by atoms with Crippen LogP contribution in [0, 0.1) is 0 Å². The smallest absolute Gasteiger partial charge is 0.261 e. The third kappa shape index (κ3) is 5.14. The number of aryl methyl sites for hydroxylation is 1. The Balaban J connectivity index is 1.22. The second-order valence-electron chi connectivity index (χ2n) is 11.4. The van der Waals surface area contributed by atoms with Crippen molar-refractivity contribution in [1.29, 1.82) is 0 Å². The molecule has 2 bridgehead atoms. The van der Waals surface area contributed by atoms with Crippen LogP contribution in [-0.4, -0.2) is 47.9 Å². The number of aromatic amines is 1. The van der Waals surface area contributed by atoms with E-state index in [4.69, 9.17) is 9.82 Å². The molecule has 0 radical (unpaired) electrons. The highest BCUT2D eigenvalue weighted by Crippen LogP contribution is 2.38. The Morgan fingerprint density at radius 3 is 2.69 bits per heavy atom. The maximum Gasteiger partial charge on any atom is 0.261 e. The molecule has 2 aliphatic rings. The van der Waals surface area contributed by atoms with Gasteiger partial charge in [0.25, 0.3) is 5.56 Å².